The topological polar surface area (TPSA) is 89.5 Å². The number of rotatable bonds is 6. The average molecular weight is 321 g/mol. The Kier molecular flexibility index (Phi) is 6.41. The lowest BCUT2D eigenvalue weighted by molar-refractivity contribution is -0.156. The van der Waals surface area contributed by atoms with Crippen LogP contribution in [-0.2, 0) is 24.2 Å². The Morgan fingerprint density at radius 1 is 1.14 bits per heavy atom. The van der Waals surface area contributed by atoms with Crippen molar-refractivity contribution in [3.63, 3.8) is 0 Å². The van der Waals surface area contributed by atoms with Gasteiger partial charge in [0, 0.05) is 12.8 Å². The molecule has 7 heteroatoms. The normalized spacial score (nSPS) is 14.4. The lowest BCUT2D eigenvalue weighted by atomic mass is 9.80. The molecular weight excluding hydrogens is 294 g/mol. The average Bonchev–Trinajstić information content (AvgIpc) is 2.23. The van der Waals surface area contributed by atoms with Gasteiger partial charge in [-0.05, 0) is 26.2 Å². The standard InChI is InChI=1S/C14H27NO5S/c1-8-20-12(17)10(13(2,3)4)11(16)15-9-14(5,6)21(7,18)19/h10H,8-9H2,1-7H3,(H,15,16). The highest BCUT2D eigenvalue weighted by molar-refractivity contribution is 7.92. The van der Waals surface area contributed by atoms with Crippen molar-refractivity contribution >= 4 is 21.7 Å². The highest BCUT2D eigenvalue weighted by Crippen LogP contribution is 2.27. The molecule has 0 rings (SSSR count). The lowest BCUT2D eigenvalue weighted by Gasteiger charge is -2.29. The van der Waals surface area contributed by atoms with E-state index in [1.165, 1.54) is 13.8 Å². The number of esters is 1. The van der Waals surface area contributed by atoms with E-state index in [2.05, 4.69) is 5.32 Å². The zero-order valence-corrected chi connectivity index (χ0v) is 14.8. The molecule has 0 radical (unpaired) electrons. The maximum absolute atomic E-state index is 12.3. The molecule has 21 heavy (non-hydrogen) atoms. The van der Waals surface area contributed by atoms with E-state index in [0.717, 1.165) is 6.26 Å². The molecule has 0 saturated heterocycles. The Hall–Kier alpha value is -1.11. The van der Waals surface area contributed by atoms with Gasteiger partial charge in [-0.25, -0.2) is 8.42 Å². The van der Waals surface area contributed by atoms with E-state index >= 15 is 0 Å². The van der Waals surface area contributed by atoms with Crippen LogP contribution < -0.4 is 5.32 Å². The zero-order chi connectivity index (χ0) is 17.1. The summed E-state index contributed by atoms with van der Waals surface area (Å²) in [5, 5.41) is 2.56. The van der Waals surface area contributed by atoms with Gasteiger partial charge in [0.25, 0.3) is 0 Å². The third-order valence-electron chi connectivity index (χ3n) is 3.34. The molecule has 1 N–H and O–H groups in total. The summed E-state index contributed by atoms with van der Waals surface area (Å²) >= 11 is 0. The second kappa shape index (κ2) is 6.77. The number of nitrogens with one attached hydrogen (secondary N) is 1. The van der Waals surface area contributed by atoms with Gasteiger partial charge in [-0.2, -0.15) is 0 Å². The van der Waals surface area contributed by atoms with Crippen molar-refractivity contribution in [2.24, 2.45) is 11.3 Å². The van der Waals surface area contributed by atoms with E-state index in [1.807, 2.05) is 0 Å². The smallest absolute Gasteiger partial charge is 0.319 e. The van der Waals surface area contributed by atoms with Gasteiger partial charge in [0.05, 0.1) is 11.4 Å². The predicted molar refractivity (Wildman–Crippen MR) is 81.5 cm³/mol. The van der Waals surface area contributed by atoms with Crippen LogP contribution >= 0.6 is 0 Å². The van der Waals surface area contributed by atoms with Gasteiger partial charge in [0.1, 0.15) is 5.92 Å². The van der Waals surface area contributed by atoms with Gasteiger partial charge in [-0.1, -0.05) is 20.8 Å². The zero-order valence-electron chi connectivity index (χ0n) is 13.9. The molecule has 0 aromatic carbocycles. The summed E-state index contributed by atoms with van der Waals surface area (Å²) in [7, 11) is -3.32. The molecule has 0 aliphatic heterocycles. The van der Waals surface area contributed by atoms with Gasteiger partial charge in [0.2, 0.25) is 5.91 Å². The Balaban J connectivity index is 5.07. The van der Waals surface area contributed by atoms with E-state index in [-0.39, 0.29) is 13.2 Å². The Bertz CT molecular complexity index is 488. The fraction of sp³-hybridized carbons (Fsp3) is 0.857. The van der Waals surface area contributed by atoms with Gasteiger partial charge in [-0.3, -0.25) is 9.59 Å². The van der Waals surface area contributed by atoms with E-state index in [0.29, 0.717) is 0 Å². The van der Waals surface area contributed by atoms with Crippen LogP contribution in [0.1, 0.15) is 41.5 Å². The molecule has 0 aliphatic rings. The van der Waals surface area contributed by atoms with Gasteiger partial charge in [0.15, 0.2) is 9.84 Å². The molecule has 0 aromatic rings. The number of sulfone groups is 1. The molecule has 1 atom stereocenters. The molecule has 1 unspecified atom stereocenters. The highest BCUT2D eigenvalue weighted by atomic mass is 32.2. The van der Waals surface area contributed by atoms with Gasteiger partial charge in [-0.15, -0.1) is 0 Å². The molecule has 0 heterocycles. The van der Waals surface area contributed by atoms with Crippen molar-refractivity contribution in [1.82, 2.24) is 5.32 Å². The van der Waals surface area contributed by atoms with Crippen LogP contribution in [-0.4, -0.2) is 44.4 Å². The Morgan fingerprint density at radius 3 is 1.95 bits per heavy atom. The third-order valence-corrected chi connectivity index (χ3v) is 5.49. The van der Waals surface area contributed by atoms with Crippen LogP contribution in [0.3, 0.4) is 0 Å². The summed E-state index contributed by atoms with van der Waals surface area (Å²) in [6.07, 6.45) is 1.12. The number of ether oxygens (including phenoxy) is 1. The molecule has 0 aliphatic carbocycles. The van der Waals surface area contributed by atoms with Crippen molar-refractivity contribution in [2.75, 3.05) is 19.4 Å². The number of hydrogen-bond acceptors (Lipinski definition) is 5. The van der Waals surface area contributed by atoms with Crippen LogP contribution in [0, 0.1) is 11.3 Å². The SMILES string of the molecule is CCOC(=O)C(C(=O)NCC(C)(C)S(C)(=O)=O)C(C)(C)C. The van der Waals surface area contributed by atoms with Crippen LogP contribution in [0.4, 0.5) is 0 Å². The minimum Gasteiger partial charge on any atom is -0.465 e. The number of hydrogen-bond donors (Lipinski definition) is 1. The predicted octanol–water partition coefficient (Wildman–Crippen LogP) is 1.15. The van der Waals surface area contributed by atoms with Crippen molar-refractivity contribution < 1.29 is 22.7 Å². The molecule has 0 fully saturated rings. The first-order valence-corrected chi connectivity index (χ1v) is 8.77. The molecule has 0 saturated carbocycles. The Labute approximate surface area is 127 Å². The van der Waals surface area contributed by atoms with Crippen molar-refractivity contribution in [2.45, 2.75) is 46.3 Å². The second-order valence-electron chi connectivity index (χ2n) is 6.80. The maximum atomic E-state index is 12.3. The van der Waals surface area contributed by atoms with Crippen molar-refractivity contribution in [3.05, 3.63) is 0 Å². The van der Waals surface area contributed by atoms with Crippen molar-refractivity contribution in [1.29, 1.82) is 0 Å². The molecule has 0 bridgehead atoms. The molecule has 0 aromatic heterocycles. The van der Waals surface area contributed by atoms with E-state index < -0.39 is 37.8 Å². The first-order valence-electron chi connectivity index (χ1n) is 6.88. The monoisotopic (exact) mass is 321 g/mol. The highest BCUT2D eigenvalue weighted by Gasteiger charge is 2.40. The van der Waals surface area contributed by atoms with Gasteiger partial charge < -0.3 is 10.1 Å². The summed E-state index contributed by atoms with van der Waals surface area (Å²) in [4.78, 5) is 24.2. The maximum Gasteiger partial charge on any atom is 0.319 e. The lowest BCUT2D eigenvalue weighted by Crippen LogP contribution is -2.49. The fourth-order valence-electron chi connectivity index (χ4n) is 1.61. The minimum absolute atomic E-state index is 0.0589. The summed E-state index contributed by atoms with van der Waals surface area (Å²) in [6.45, 7) is 10.1. The summed E-state index contributed by atoms with van der Waals surface area (Å²) in [5.74, 6) is -2.09. The van der Waals surface area contributed by atoms with Crippen LogP contribution in [0.5, 0.6) is 0 Å². The third kappa shape index (κ3) is 5.65. The summed E-state index contributed by atoms with van der Waals surface area (Å²) in [6, 6.07) is 0. The molecule has 6 nitrogen and oxygen atoms in total. The second-order valence-corrected chi connectivity index (χ2v) is 9.45. The van der Waals surface area contributed by atoms with E-state index in [1.54, 1.807) is 27.7 Å². The molecule has 0 spiro atoms. The van der Waals surface area contributed by atoms with Crippen LogP contribution in [0.2, 0.25) is 0 Å². The summed E-state index contributed by atoms with van der Waals surface area (Å²) in [5.41, 5.74) is -0.619. The first kappa shape index (κ1) is 19.9. The quantitative estimate of drug-likeness (QED) is 0.585. The van der Waals surface area contributed by atoms with Gasteiger partial charge >= 0.3 is 5.97 Å². The van der Waals surface area contributed by atoms with Crippen LogP contribution in [0.15, 0.2) is 0 Å². The van der Waals surface area contributed by atoms with E-state index in [9.17, 15) is 18.0 Å². The Morgan fingerprint density at radius 2 is 1.62 bits per heavy atom. The fourth-order valence-corrected chi connectivity index (χ4v) is 1.95. The number of carbonyl (C=O) groups is 2. The largest absolute Gasteiger partial charge is 0.465 e. The number of amides is 1. The summed E-state index contributed by atoms with van der Waals surface area (Å²) < 4.78 is 27.1. The van der Waals surface area contributed by atoms with Crippen molar-refractivity contribution in [3.8, 4) is 0 Å². The molecule has 124 valence electrons. The first-order chi connectivity index (χ1) is 9.24. The molecular formula is C14H27NO5S. The van der Waals surface area contributed by atoms with Crippen LogP contribution in [0.25, 0.3) is 0 Å². The minimum atomic E-state index is -3.32. The molecule has 1 amide bonds. The van der Waals surface area contributed by atoms with E-state index in [4.69, 9.17) is 4.74 Å². The number of carbonyl (C=O) groups excluding carboxylic acids is 2.